The molecule has 2 heterocycles. The largest absolute Gasteiger partial charge is 0.481 e. The van der Waals surface area contributed by atoms with Crippen molar-refractivity contribution in [2.45, 2.75) is 57.9 Å². The second kappa shape index (κ2) is 7.82. The highest BCUT2D eigenvalue weighted by atomic mass is 35.5. The van der Waals surface area contributed by atoms with Crippen LogP contribution in [-0.2, 0) is 17.1 Å². The summed E-state index contributed by atoms with van der Waals surface area (Å²) in [7, 11) is 0. The molecule has 1 fully saturated rings. The summed E-state index contributed by atoms with van der Waals surface area (Å²) in [5.41, 5.74) is -1.02. The van der Waals surface area contributed by atoms with Gasteiger partial charge in [0, 0.05) is 25.1 Å². The molecule has 1 aliphatic carbocycles. The molecule has 29 heavy (non-hydrogen) atoms. The van der Waals surface area contributed by atoms with Crippen molar-refractivity contribution < 1.29 is 23.5 Å². The van der Waals surface area contributed by atoms with Crippen molar-refractivity contribution in [1.29, 1.82) is 0 Å². The Morgan fingerprint density at radius 3 is 2.59 bits per heavy atom. The summed E-state index contributed by atoms with van der Waals surface area (Å²) in [4.78, 5) is 27.9. The number of ketones is 1. The third-order valence-electron chi connectivity index (χ3n) is 5.58. The summed E-state index contributed by atoms with van der Waals surface area (Å²) in [5.74, 6) is -4.56. The van der Waals surface area contributed by atoms with E-state index in [4.69, 9.17) is 11.6 Å². The number of carboxylic acid groups (broad SMARTS) is 1. The normalized spacial score (nSPS) is 22.4. The van der Waals surface area contributed by atoms with Crippen LogP contribution in [0.5, 0.6) is 0 Å². The number of hydrogen-bond acceptors (Lipinski definition) is 4. The van der Waals surface area contributed by atoms with Crippen LogP contribution in [0, 0.1) is 5.41 Å². The lowest BCUT2D eigenvalue weighted by Crippen LogP contribution is -2.34. The van der Waals surface area contributed by atoms with Gasteiger partial charge < -0.3 is 5.11 Å². The highest BCUT2D eigenvalue weighted by Gasteiger charge is 2.41. The van der Waals surface area contributed by atoms with E-state index in [1.807, 2.05) is 0 Å². The monoisotopic (exact) mass is 425 g/mol. The number of aliphatic carboxylic acids is 1. The van der Waals surface area contributed by atoms with E-state index in [2.05, 4.69) is 10.1 Å². The molecule has 0 aliphatic heterocycles. The van der Waals surface area contributed by atoms with E-state index in [9.17, 15) is 23.5 Å². The van der Waals surface area contributed by atoms with Crippen molar-refractivity contribution >= 4 is 23.4 Å². The fourth-order valence-electron chi connectivity index (χ4n) is 3.83. The molecule has 1 aliphatic rings. The topological polar surface area (TPSA) is 85.1 Å². The second-order valence-corrected chi connectivity index (χ2v) is 8.29. The van der Waals surface area contributed by atoms with Crippen molar-refractivity contribution in [2.24, 2.45) is 5.41 Å². The number of Topliss-reactive ketones (excluding diaryl/α,β-unsaturated/α-hetero) is 1. The van der Waals surface area contributed by atoms with Gasteiger partial charge in [0.1, 0.15) is 11.4 Å². The summed E-state index contributed by atoms with van der Waals surface area (Å²) < 4.78 is 30.2. The van der Waals surface area contributed by atoms with Gasteiger partial charge in [0.25, 0.3) is 5.92 Å². The Morgan fingerprint density at radius 1 is 1.38 bits per heavy atom. The summed E-state index contributed by atoms with van der Waals surface area (Å²) in [5, 5.41) is 13.7. The molecule has 0 radical (unpaired) electrons. The molecule has 2 aromatic rings. The van der Waals surface area contributed by atoms with Crippen molar-refractivity contribution in [1.82, 2.24) is 14.8 Å². The molecule has 9 heteroatoms. The smallest absolute Gasteiger partial charge is 0.309 e. The molecule has 6 nitrogen and oxygen atoms in total. The molecule has 0 aromatic carbocycles. The van der Waals surface area contributed by atoms with E-state index in [1.54, 1.807) is 13.0 Å². The lowest BCUT2D eigenvalue weighted by Gasteiger charge is -2.35. The molecule has 0 unspecified atom stereocenters. The van der Waals surface area contributed by atoms with Gasteiger partial charge >= 0.3 is 5.97 Å². The fourth-order valence-corrected chi connectivity index (χ4v) is 4.06. The number of pyridine rings is 1. The second-order valence-electron chi connectivity index (χ2n) is 7.88. The minimum atomic E-state index is -3.21. The van der Waals surface area contributed by atoms with Gasteiger partial charge in [-0.2, -0.15) is 13.9 Å². The van der Waals surface area contributed by atoms with Crippen molar-refractivity contribution in [3.05, 3.63) is 46.5 Å². The van der Waals surface area contributed by atoms with Crippen LogP contribution in [0.1, 0.15) is 67.3 Å². The molecule has 1 N–H and O–H groups in total. The van der Waals surface area contributed by atoms with Crippen LogP contribution in [0.25, 0.3) is 0 Å². The number of rotatable bonds is 6. The Morgan fingerprint density at radius 2 is 2.03 bits per heavy atom. The predicted molar refractivity (Wildman–Crippen MR) is 102 cm³/mol. The average Bonchev–Trinajstić information content (AvgIpc) is 3.06. The average molecular weight is 426 g/mol. The maximum absolute atomic E-state index is 14.5. The minimum absolute atomic E-state index is 0.0298. The van der Waals surface area contributed by atoms with Gasteiger partial charge in [-0.3, -0.25) is 19.3 Å². The van der Waals surface area contributed by atoms with Crippen LogP contribution in [-0.4, -0.2) is 31.6 Å². The molecule has 2 aromatic heterocycles. The molecule has 0 atom stereocenters. The number of halogens is 3. The zero-order valence-electron chi connectivity index (χ0n) is 16.2. The molecule has 0 amide bonds. The highest BCUT2D eigenvalue weighted by molar-refractivity contribution is 6.33. The molecular formula is C20H22ClF2N3O3. The summed E-state index contributed by atoms with van der Waals surface area (Å²) >= 11 is 5.99. The molecule has 0 spiro atoms. The number of carbonyl (C=O) groups excluding carboxylic acids is 1. The number of alkyl halides is 2. The van der Waals surface area contributed by atoms with Gasteiger partial charge in [-0.25, -0.2) is 0 Å². The van der Waals surface area contributed by atoms with Crippen molar-refractivity contribution in [3.63, 3.8) is 0 Å². The Bertz CT molecular complexity index is 931. The molecule has 0 saturated heterocycles. The zero-order chi connectivity index (χ0) is 21.4. The van der Waals surface area contributed by atoms with Crippen LogP contribution in [0.15, 0.2) is 24.5 Å². The van der Waals surface area contributed by atoms with Gasteiger partial charge in [0.05, 0.1) is 22.7 Å². The predicted octanol–water partition coefficient (Wildman–Crippen LogP) is 4.67. The van der Waals surface area contributed by atoms with Gasteiger partial charge in [0.15, 0.2) is 5.78 Å². The van der Waals surface area contributed by atoms with Gasteiger partial charge in [-0.1, -0.05) is 11.6 Å². The first-order valence-electron chi connectivity index (χ1n) is 9.35. The van der Waals surface area contributed by atoms with Gasteiger partial charge in [-0.05, 0) is 44.7 Å². The third-order valence-corrected chi connectivity index (χ3v) is 5.89. The Kier molecular flexibility index (Phi) is 5.76. The van der Waals surface area contributed by atoms with E-state index in [1.165, 1.54) is 23.1 Å². The standard InChI is InChI=1S/C20H22ClF2N3O3/c1-19(18(28)29)7-5-13(6-8-19)26-17(20(2,22)23)12(11-25-26)10-15(27)16-14(21)4-3-9-24-16/h3-4,9,11,13H,5-8,10H2,1-2H3,(H,28,29). The molecular weight excluding hydrogens is 404 g/mol. The first-order chi connectivity index (χ1) is 13.5. The van der Waals surface area contributed by atoms with Crippen LogP contribution in [0.4, 0.5) is 8.78 Å². The number of nitrogens with zero attached hydrogens (tertiary/aromatic N) is 3. The summed E-state index contributed by atoms with van der Waals surface area (Å²) in [6.45, 7) is 2.44. The Labute approximate surface area is 171 Å². The number of hydrogen-bond donors (Lipinski definition) is 1. The van der Waals surface area contributed by atoms with Crippen LogP contribution in [0.3, 0.4) is 0 Å². The quantitative estimate of drug-likeness (QED) is 0.679. The van der Waals surface area contributed by atoms with Crippen molar-refractivity contribution in [3.8, 4) is 0 Å². The van der Waals surface area contributed by atoms with E-state index in [-0.39, 0.29) is 34.4 Å². The fraction of sp³-hybridized carbons (Fsp3) is 0.500. The highest BCUT2D eigenvalue weighted by Crippen LogP contribution is 2.43. The lowest BCUT2D eigenvalue weighted by molar-refractivity contribution is -0.150. The summed E-state index contributed by atoms with van der Waals surface area (Å²) in [6, 6.07) is 2.75. The Balaban J connectivity index is 1.88. The van der Waals surface area contributed by atoms with E-state index >= 15 is 0 Å². The third kappa shape index (κ3) is 4.32. The number of carboxylic acids is 1. The molecule has 156 valence electrons. The minimum Gasteiger partial charge on any atom is -0.481 e. The van der Waals surface area contributed by atoms with Crippen LogP contribution < -0.4 is 0 Å². The van der Waals surface area contributed by atoms with Gasteiger partial charge in [0.2, 0.25) is 0 Å². The van der Waals surface area contributed by atoms with Crippen molar-refractivity contribution in [2.75, 3.05) is 0 Å². The lowest BCUT2D eigenvalue weighted by atomic mass is 9.74. The van der Waals surface area contributed by atoms with E-state index in [0.717, 1.165) is 6.92 Å². The van der Waals surface area contributed by atoms with E-state index < -0.39 is 23.1 Å². The van der Waals surface area contributed by atoms with Crippen LogP contribution in [0.2, 0.25) is 5.02 Å². The zero-order valence-corrected chi connectivity index (χ0v) is 16.9. The number of carbonyl (C=O) groups is 2. The number of aromatic nitrogens is 3. The maximum atomic E-state index is 14.5. The first kappa shape index (κ1) is 21.4. The summed E-state index contributed by atoms with van der Waals surface area (Å²) in [6.07, 6.45) is 4.00. The molecule has 3 rings (SSSR count). The molecule has 1 saturated carbocycles. The van der Waals surface area contributed by atoms with Crippen LogP contribution >= 0.6 is 11.6 Å². The first-order valence-corrected chi connectivity index (χ1v) is 9.72. The Hall–Kier alpha value is -2.35. The van der Waals surface area contributed by atoms with E-state index in [0.29, 0.717) is 25.7 Å². The molecule has 0 bridgehead atoms. The SMILES string of the molecule is CC1(C(=O)O)CCC(n2ncc(CC(=O)c3ncccc3Cl)c2C(C)(F)F)CC1. The van der Waals surface area contributed by atoms with Gasteiger partial charge in [-0.15, -0.1) is 0 Å². The maximum Gasteiger partial charge on any atom is 0.309 e.